The van der Waals surface area contributed by atoms with Crippen molar-refractivity contribution in [1.29, 1.82) is 0 Å². The average molecular weight is 448 g/mol. The number of guanidine groups is 1. The van der Waals surface area contributed by atoms with E-state index in [0.717, 1.165) is 24.7 Å². The van der Waals surface area contributed by atoms with Gasteiger partial charge < -0.3 is 25.0 Å². The molecule has 1 heterocycles. The normalized spacial score (nSPS) is 18.5. The van der Waals surface area contributed by atoms with Gasteiger partial charge in [0.1, 0.15) is 0 Å². The van der Waals surface area contributed by atoms with Crippen LogP contribution in [0.1, 0.15) is 12.8 Å². The van der Waals surface area contributed by atoms with Crippen LogP contribution in [0.2, 0.25) is 0 Å². The maximum Gasteiger partial charge on any atom is 0.195 e. The molecule has 1 aromatic rings. The molecule has 0 amide bonds. The molecule has 136 valence electrons. The Morgan fingerprint density at radius 1 is 1.29 bits per heavy atom. The fourth-order valence-electron chi connectivity index (χ4n) is 2.91. The molecular weight excluding hydrogens is 419 g/mol. The molecule has 1 unspecified atom stereocenters. The van der Waals surface area contributed by atoms with Gasteiger partial charge in [-0.05, 0) is 44.5 Å². The number of methoxy groups -OCH3 is 2. The van der Waals surface area contributed by atoms with E-state index in [9.17, 15) is 0 Å². The monoisotopic (exact) mass is 448 g/mol. The minimum absolute atomic E-state index is 0. The number of aliphatic imine (C=N–C) groups is 1. The number of piperidine rings is 1. The lowest BCUT2D eigenvalue weighted by Crippen LogP contribution is -2.41. The van der Waals surface area contributed by atoms with Crippen molar-refractivity contribution < 1.29 is 9.47 Å². The molecule has 6 nitrogen and oxygen atoms in total. The number of benzene rings is 1. The fraction of sp³-hybridized carbons (Fsp3) is 0.588. The topological polar surface area (TPSA) is 58.1 Å². The Kier molecular flexibility index (Phi) is 9.20. The highest BCUT2D eigenvalue weighted by atomic mass is 127. The van der Waals surface area contributed by atoms with Gasteiger partial charge in [0.2, 0.25) is 0 Å². The summed E-state index contributed by atoms with van der Waals surface area (Å²) in [5.74, 6) is 2.84. The molecule has 0 aromatic heterocycles. The number of ether oxygens (including phenoxy) is 2. The van der Waals surface area contributed by atoms with Crippen LogP contribution in [0.3, 0.4) is 0 Å². The molecule has 1 fully saturated rings. The van der Waals surface area contributed by atoms with Crippen LogP contribution in [0, 0.1) is 5.92 Å². The Morgan fingerprint density at radius 2 is 2.04 bits per heavy atom. The maximum atomic E-state index is 5.33. The van der Waals surface area contributed by atoms with Crippen molar-refractivity contribution in [1.82, 2.24) is 10.2 Å². The zero-order valence-corrected chi connectivity index (χ0v) is 17.3. The second-order valence-electron chi connectivity index (χ2n) is 5.92. The number of nitrogens with zero attached hydrogens (tertiary/aromatic N) is 2. The third-order valence-electron chi connectivity index (χ3n) is 4.15. The molecule has 0 radical (unpaired) electrons. The van der Waals surface area contributed by atoms with Gasteiger partial charge in [-0.25, -0.2) is 0 Å². The lowest BCUT2D eigenvalue weighted by atomic mass is 9.99. The van der Waals surface area contributed by atoms with E-state index in [4.69, 9.17) is 9.47 Å². The number of nitrogens with one attached hydrogen (secondary N) is 2. The van der Waals surface area contributed by atoms with Crippen LogP contribution in [-0.4, -0.2) is 58.8 Å². The van der Waals surface area contributed by atoms with Gasteiger partial charge in [0.05, 0.1) is 14.2 Å². The predicted molar refractivity (Wildman–Crippen MR) is 110 cm³/mol. The van der Waals surface area contributed by atoms with Crippen molar-refractivity contribution in [2.24, 2.45) is 10.9 Å². The van der Waals surface area contributed by atoms with E-state index in [1.807, 2.05) is 18.2 Å². The Labute approximate surface area is 162 Å². The van der Waals surface area contributed by atoms with Crippen LogP contribution in [-0.2, 0) is 0 Å². The van der Waals surface area contributed by atoms with E-state index in [0.29, 0.717) is 17.4 Å². The number of likely N-dealkylation sites (tertiary alicyclic amines) is 1. The molecule has 1 aromatic carbocycles. The van der Waals surface area contributed by atoms with Gasteiger partial charge in [-0.2, -0.15) is 0 Å². The Hall–Kier alpha value is -1.22. The van der Waals surface area contributed by atoms with Crippen molar-refractivity contribution in [2.75, 3.05) is 53.3 Å². The first-order valence-electron chi connectivity index (χ1n) is 8.04. The molecule has 1 saturated heterocycles. The molecule has 0 aliphatic carbocycles. The highest BCUT2D eigenvalue weighted by Gasteiger charge is 2.17. The lowest BCUT2D eigenvalue weighted by molar-refractivity contribution is 0.211. The van der Waals surface area contributed by atoms with Crippen LogP contribution in [0.15, 0.2) is 23.2 Å². The quantitative estimate of drug-likeness (QED) is 0.412. The van der Waals surface area contributed by atoms with Gasteiger partial charge >= 0.3 is 0 Å². The largest absolute Gasteiger partial charge is 0.493 e. The van der Waals surface area contributed by atoms with Crippen LogP contribution >= 0.6 is 24.0 Å². The molecule has 0 spiro atoms. The molecule has 2 rings (SSSR count). The van der Waals surface area contributed by atoms with Crippen LogP contribution < -0.4 is 20.1 Å². The Balaban J connectivity index is 0.00000288. The van der Waals surface area contributed by atoms with Crippen molar-refractivity contribution in [3.8, 4) is 11.5 Å². The summed E-state index contributed by atoms with van der Waals surface area (Å²) in [6.45, 7) is 3.27. The molecule has 2 N–H and O–H groups in total. The van der Waals surface area contributed by atoms with E-state index in [-0.39, 0.29) is 24.0 Å². The summed E-state index contributed by atoms with van der Waals surface area (Å²) >= 11 is 0. The predicted octanol–water partition coefficient (Wildman–Crippen LogP) is 2.65. The number of rotatable bonds is 5. The standard InChI is InChI=1S/C17H28N4O2.HI/c1-18-17(19-11-13-6-5-9-21(2)12-13)20-14-7-8-15(22-3)16(10-14)23-4;/h7-8,10,13H,5-6,9,11-12H2,1-4H3,(H2,18,19,20);1H. The third-order valence-corrected chi connectivity index (χ3v) is 4.15. The SMILES string of the molecule is CN=C(NCC1CCCN(C)C1)Nc1ccc(OC)c(OC)c1.I. The minimum Gasteiger partial charge on any atom is -0.493 e. The molecule has 0 saturated carbocycles. The van der Waals surface area contributed by atoms with Crippen molar-refractivity contribution in [3.63, 3.8) is 0 Å². The highest BCUT2D eigenvalue weighted by Crippen LogP contribution is 2.29. The summed E-state index contributed by atoms with van der Waals surface area (Å²) in [7, 11) is 7.23. The molecule has 24 heavy (non-hydrogen) atoms. The Bertz CT molecular complexity index is 539. The lowest BCUT2D eigenvalue weighted by Gasteiger charge is -2.30. The molecule has 0 bridgehead atoms. The smallest absolute Gasteiger partial charge is 0.195 e. The highest BCUT2D eigenvalue weighted by molar-refractivity contribution is 14.0. The molecule has 7 heteroatoms. The third kappa shape index (κ3) is 6.01. The first-order chi connectivity index (χ1) is 11.2. The zero-order chi connectivity index (χ0) is 16.7. The minimum atomic E-state index is 0. The summed E-state index contributed by atoms with van der Waals surface area (Å²) in [5, 5.41) is 6.71. The van der Waals surface area contributed by atoms with E-state index in [1.54, 1.807) is 21.3 Å². The Morgan fingerprint density at radius 3 is 2.67 bits per heavy atom. The molecular formula is C17H29IN4O2. The number of halogens is 1. The van der Waals surface area contributed by atoms with Gasteiger partial charge in [-0.1, -0.05) is 0 Å². The van der Waals surface area contributed by atoms with Gasteiger partial charge in [0, 0.05) is 31.9 Å². The van der Waals surface area contributed by atoms with Crippen LogP contribution in [0.25, 0.3) is 0 Å². The maximum absolute atomic E-state index is 5.33. The molecule has 1 atom stereocenters. The van der Waals surface area contributed by atoms with Gasteiger partial charge in [-0.3, -0.25) is 4.99 Å². The summed E-state index contributed by atoms with van der Waals surface area (Å²) in [4.78, 5) is 6.68. The summed E-state index contributed by atoms with van der Waals surface area (Å²) in [6.07, 6.45) is 2.54. The van der Waals surface area contributed by atoms with E-state index in [1.165, 1.54) is 19.4 Å². The van der Waals surface area contributed by atoms with Crippen LogP contribution in [0.5, 0.6) is 11.5 Å². The van der Waals surface area contributed by atoms with E-state index in [2.05, 4.69) is 27.6 Å². The first-order valence-corrected chi connectivity index (χ1v) is 8.04. The second-order valence-corrected chi connectivity index (χ2v) is 5.92. The summed E-state index contributed by atoms with van der Waals surface area (Å²) in [6, 6.07) is 5.73. The zero-order valence-electron chi connectivity index (χ0n) is 15.0. The van der Waals surface area contributed by atoms with Crippen LogP contribution in [0.4, 0.5) is 5.69 Å². The van der Waals surface area contributed by atoms with Gasteiger partial charge in [0.25, 0.3) is 0 Å². The second kappa shape index (κ2) is 10.6. The molecule has 1 aliphatic rings. The van der Waals surface area contributed by atoms with Crippen molar-refractivity contribution in [3.05, 3.63) is 18.2 Å². The molecule has 1 aliphatic heterocycles. The number of anilines is 1. The van der Waals surface area contributed by atoms with Crippen molar-refractivity contribution >= 4 is 35.6 Å². The van der Waals surface area contributed by atoms with E-state index >= 15 is 0 Å². The fourth-order valence-corrected chi connectivity index (χ4v) is 2.91. The average Bonchev–Trinajstić information content (AvgIpc) is 2.58. The number of hydrogen-bond acceptors (Lipinski definition) is 4. The number of hydrogen-bond donors (Lipinski definition) is 2. The van der Waals surface area contributed by atoms with Gasteiger partial charge in [0.15, 0.2) is 17.5 Å². The van der Waals surface area contributed by atoms with Crippen molar-refractivity contribution in [2.45, 2.75) is 12.8 Å². The first kappa shape index (κ1) is 20.8. The van der Waals surface area contributed by atoms with E-state index < -0.39 is 0 Å². The van der Waals surface area contributed by atoms with Gasteiger partial charge in [-0.15, -0.1) is 24.0 Å². The summed E-state index contributed by atoms with van der Waals surface area (Å²) < 4.78 is 10.6. The summed E-state index contributed by atoms with van der Waals surface area (Å²) in [5.41, 5.74) is 0.913.